The molecule has 0 aromatic heterocycles. The van der Waals surface area contributed by atoms with Crippen LogP contribution in [0.3, 0.4) is 0 Å². The number of carbonyl (C=O) groups excluding carboxylic acids is 2. The highest BCUT2D eigenvalue weighted by atomic mass is 35.5. The molecule has 1 heterocycles. The zero-order valence-corrected chi connectivity index (χ0v) is 14.2. The standard InChI is InChI=1S/C16H23ClN4O2/c1-3-18-14-6-5-11(17)9-13(14)15(22)20-12-7-8-21(10-12)16(23)19-4-2/h5-6,9,12,18H,3-4,7-8,10H2,1-2H3,(H,19,23)(H,20,22)/t12-/m0/s1. The van der Waals surface area contributed by atoms with Gasteiger partial charge in [0.15, 0.2) is 0 Å². The number of benzene rings is 1. The lowest BCUT2D eigenvalue weighted by Gasteiger charge is -2.18. The Morgan fingerprint density at radius 2 is 2.09 bits per heavy atom. The predicted molar refractivity (Wildman–Crippen MR) is 92.1 cm³/mol. The van der Waals surface area contributed by atoms with Crippen LogP contribution < -0.4 is 16.0 Å². The maximum atomic E-state index is 12.5. The van der Waals surface area contributed by atoms with Crippen molar-refractivity contribution in [2.75, 3.05) is 31.5 Å². The van der Waals surface area contributed by atoms with Crippen LogP contribution in [0.25, 0.3) is 0 Å². The van der Waals surface area contributed by atoms with Gasteiger partial charge in [0.05, 0.1) is 5.56 Å². The minimum atomic E-state index is -0.175. The van der Waals surface area contributed by atoms with Gasteiger partial charge in [0.25, 0.3) is 5.91 Å². The number of likely N-dealkylation sites (tertiary alicyclic amines) is 1. The molecule has 1 atom stereocenters. The molecule has 1 aliphatic rings. The first-order valence-corrected chi connectivity index (χ1v) is 8.30. The second-order valence-corrected chi connectivity index (χ2v) is 5.90. The summed E-state index contributed by atoms with van der Waals surface area (Å²) < 4.78 is 0. The summed E-state index contributed by atoms with van der Waals surface area (Å²) >= 11 is 6.01. The topological polar surface area (TPSA) is 73.5 Å². The van der Waals surface area contributed by atoms with Gasteiger partial charge in [0, 0.05) is 42.9 Å². The van der Waals surface area contributed by atoms with E-state index in [0.29, 0.717) is 30.2 Å². The Morgan fingerprint density at radius 3 is 2.78 bits per heavy atom. The molecular formula is C16H23ClN4O2. The Balaban J connectivity index is 2.00. The predicted octanol–water partition coefficient (Wildman–Crippen LogP) is 2.31. The smallest absolute Gasteiger partial charge is 0.317 e. The number of rotatable bonds is 5. The molecule has 2 rings (SSSR count). The van der Waals surface area contributed by atoms with Gasteiger partial charge in [-0.05, 0) is 38.5 Å². The zero-order valence-electron chi connectivity index (χ0n) is 13.5. The molecule has 0 aliphatic carbocycles. The fourth-order valence-electron chi connectivity index (χ4n) is 2.64. The van der Waals surface area contributed by atoms with E-state index in [2.05, 4.69) is 16.0 Å². The molecule has 1 aromatic rings. The number of hydrogen-bond acceptors (Lipinski definition) is 3. The molecule has 0 radical (unpaired) electrons. The number of hydrogen-bond donors (Lipinski definition) is 3. The van der Waals surface area contributed by atoms with Gasteiger partial charge in [-0.2, -0.15) is 0 Å². The molecule has 1 saturated heterocycles. The molecular weight excluding hydrogens is 316 g/mol. The van der Waals surface area contributed by atoms with Crippen molar-refractivity contribution >= 4 is 29.2 Å². The van der Waals surface area contributed by atoms with Crippen molar-refractivity contribution in [3.05, 3.63) is 28.8 Å². The number of nitrogens with one attached hydrogen (secondary N) is 3. The van der Waals surface area contributed by atoms with Crippen molar-refractivity contribution in [1.29, 1.82) is 0 Å². The van der Waals surface area contributed by atoms with Crippen LogP contribution in [0.1, 0.15) is 30.6 Å². The third kappa shape index (κ3) is 4.51. The lowest BCUT2D eigenvalue weighted by molar-refractivity contribution is 0.0938. The SMILES string of the molecule is CCNC(=O)N1CC[C@H](NC(=O)c2cc(Cl)ccc2NCC)C1. The molecule has 1 fully saturated rings. The van der Waals surface area contributed by atoms with Gasteiger partial charge in [0.2, 0.25) is 0 Å². The largest absolute Gasteiger partial charge is 0.385 e. The highest BCUT2D eigenvalue weighted by Gasteiger charge is 2.27. The monoisotopic (exact) mass is 338 g/mol. The van der Waals surface area contributed by atoms with Crippen molar-refractivity contribution in [2.24, 2.45) is 0 Å². The average Bonchev–Trinajstić information content (AvgIpc) is 2.98. The molecule has 126 valence electrons. The summed E-state index contributed by atoms with van der Waals surface area (Å²) in [6.45, 7) is 6.34. The third-order valence-corrected chi connectivity index (χ3v) is 3.97. The van der Waals surface area contributed by atoms with E-state index in [-0.39, 0.29) is 18.0 Å². The van der Waals surface area contributed by atoms with Crippen LogP contribution >= 0.6 is 11.6 Å². The van der Waals surface area contributed by atoms with Gasteiger partial charge in [0.1, 0.15) is 0 Å². The van der Waals surface area contributed by atoms with E-state index in [1.54, 1.807) is 23.1 Å². The molecule has 0 bridgehead atoms. The Kier molecular flexibility index (Phi) is 6.10. The fourth-order valence-corrected chi connectivity index (χ4v) is 2.81. The Labute approximate surface area is 141 Å². The Morgan fingerprint density at radius 1 is 1.30 bits per heavy atom. The van der Waals surface area contributed by atoms with Crippen LogP contribution in [0.15, 0.2) is 18.2 Å². The van der Waals surface area contributed by atoms with Crippen LogP contribution in [-0.2, 0) is 0 Å². The summed E-state index contributed by atoms with van der Waals surface area (Å²) in [5.74, 6) is -0.175. The Bertz CT molecular complexity index is 579. The summed E-state index contributed by atoms with van der Waals surface area (Å²) in [6.07, 6.45) is 0.750. The highest BCUT2D eigenvalue weighted by molar-refractivity contribution is 6.31. The van der Waals surface area contributed by atoms with E-state index in [1.165, 1.54) is 0 Å². The first-order chi connectivity index (χ1) is 11.0. The van der Waals surface area contributed by atoms with Crippen LogP contribution in [0.5, 0.6) is 0 Å². The summed E-state index contributed by atoms with van der Waals surface area (Å²) in [6, 6.07) is 5.09. The maximum absolute atomic E-state index is 12.5. The molecule has 6 nitrogen and oxygen atoms in total. The molecule has 1 aromatic carbocycles. The fraction of sp³-hybridized carbons (Fsp3) is 0.500. The van der Waals surface area contributed by atoms with Gasteiger partial charge in [-0.25, -0.2) is 4.79 Å². The third-order valence-electron chi connectivity index (χ3n) is 3.73. The number of halogens is 1. The normalized spacial score (nSPS) is 17.0. The average molecular weight is 339 g/mol. The number of nitrogens with zero attached hydrogens (tertiary/aromatic N) is 1. The minimum Gasteiger partial charge on any atom is -0.385 e. The lowest BCUT2D eigenvalue weighted by atomic mass is 10.1. The molecule has 7 heteroatoms. The quantitative estimate of drug-likeness (QED) is 0.771. The van der Waals surface area contributed by atoms with E-state index in [1.807, 2.05) is 13.8 Å². The first-order valence-electron chi connectivity index (χ1n) is 7.92. The molecule has 0 spiro atoms. The first kappa shape index (κ1) is 17.4. The van der Waals surface area contributed by atoms with Gasteiger partial charge < -0.3 is 20.9 Å². The van der Waals surface area contributed by atoms with E-state index < -0.39 is 0 Å². The number of amides is 3. The molecule has 3 amide bonds. The van der Waals surface area contributed by atoms with Crippen LogP contribution in [0.4, 0.5) is 10.5 Å². The van der Waals surface area contributed by atoms with Crippen LogP contribution in [0, 0.1) is 0 Å². The second-order valence-electron chi connectivity index (χ2n) is 5.46. The minimum absolute atomic E-state index is 0.0430. The van der Waals surface area contributed by atoms with Gasteiger partial charge >= 0.3 is 6.03 Å². The molecule has 3 N–H and O–H groups in total. The van der Waals surface area contributed by atoms with Crippen molar-refractivity contribution in [3.8, 4) is 0 Å². The number of anilines is 1. The van der Waals surface area contributed by atoms with E-state index in [0.717, 1.165) is 18.7 Å². The highest BCUT2D eigenvalue weighted by Crippen LogP contribution is 2.21. The maximum Gasteiger partial charge on any atom is 0.317 e. The van der Waals surface area contributed by atoms with Crippen molar-refractivity contribution in [1.82, 2.24) is 15.5 Å². The van der Waals surface area contributed by atoms with Crippen molar-refractivity contribution in [3.63, 3.8) is 0 Å². The number of urea groups is 1. The second kappa shape index (κ2) is 8.06. The van der Waals surface area contributed by atoms with E-state index >= 15 is 0 Å². The van der Waals surface area contributed by atoms with Crippen LogP contribution in [-0.4, -0.2) is 49.1 Å². The summed E-state index contributed by atoms with van der Waals surface area (Å²) in [5.41, 5.74) is 1.28. The molecule has 1 aliphatic heterocycles. The van der Waals surface area contributed by atoms with Gasteiger partial charge in [-0.3, -0.25) is 4.79 Å². The molecule has 0 saturated carbocycles. The molecule has 23 heavy (non-hydrogen) atoms. The van der Waals surface area contributed by atoms with Gasteiger partial charge in [-0.1, -0.05) is 11.6 Å². The molecule has 0 unspecified atom stereocenters. The van der Waals surface area contributed by atoms with E-state index in [9.17, 15) is 9.59 Å². The summed E-state index contributed by atoms with van der Waals surface area (Å²) in [4.78, 5) is 26.0. The van der Waals surface area contributed by atoms with Gasteiger partial charge in [-0.15, -0.1) is 0 Å². The summed E-state index contributed by atoms with van der Waals surface area (Å²) in [7, 11) is 0. The van der Waals surface area contributed by atoms with Crippen molar-refractivity contribution < 1.29 is 9.59 Å². The van der Waals surface area contributed by atoms with Crippen molar-refractivity contribution in [2.45, 2.75) is 26.3 Å². The Hall–Kier alpha value is -1.95. The van der Waals surface area contributed by atoms with Crippen LogP contribution in [0.2, 0.25) is 5.02 Å². The lowest BCUT2D eigenvalue weighted by Crippen LogP contribution is -2.42. The number of carbonyl (C=O) groups is 2. The summed E-state index contributed by atoms with van der Waals surface area (Å²) in [5, 5.41) is 9.44. The van der Waals surface area contributed by atoms with E-state index in [4.69, 9.17) is 11.6 Å². The zero-order chi connectivity index (χ0) is 16.8.